The van der Waals surface area contributed by atoms with Crippen molar-refractivity contribution in [2.75, 3.05) is 19.7 Å². The molecule has 0 bridgehead atoms. The summed E-state index contributed by atoms with van der Waals surface area (Å²) >= 11 is 0. The highest BCUT2D eigenvalue weighted by Crippen LogP contribution is 2.27. The van der Waals surface area contributed by atoms with Gasteiger partial charge in [-0.05, 0) is 73.2 Å². The minimum Gasteiger partial charge on any atom is -0.479 e. The smallest absolute Gasteiger partial charge is 0.335 e. The third-order valence-electron chi connectivity index (χ3n) is 14.7. The Morgan fingerprint density at radius 2 is 1.22 bits per heavy atom. The highest BCUT2D eigenvalue weighted by molar-refractivity contribution is 6.00. The number of benzene rings is 1. The van der Waals surface area contributed by atoms with Gasteiger partial charge in [0.1, 0.15) is 48.3 Å². The molecule has 92 heavy (non-hydrogen) atoms. The summed E-state index contributed by atoms with van der Waals surface area (Å²) in [5.74, 6) is -17.8. The average molecular weight is 1310 g/mol. The first-order valence-corrected chi connectivity index (χ1v) is 30.6. The zero-order valence-corrected chi connectivity index (χ0v) is 54.8. The lowest BCUT2D eigenvalue weighted by atomic mass is 9.86. The van der Waals surface area contributed by atoms with Gasteiger partial charge in [0.05, 0.1) is 31.4 Å². The largest absolute Gasteiger partial charge is 0.479 e. The maximum absolute atomic E-state index is 15.4. The molecule has 1 heterocycles. The first-order chi connectivity index (χ1) is 42.6. The van der Waals surface area contributed by atoms with Gasteiger partial charge >= 0.3 is 11.9 Å². The predicted molar refractivity (Wildman–Crippen MR) is 333 cm³/mol. The number of aliphatic hydroxyl groups is 4. The van der Waals surface area contributed by atoms with Gasteiger partial charge in [0.25, 0.3) is 0 Å². The number of esters is 1. The number of carbonyl (C=O) groups is 12. The Morgan fingerprint density at radius 3 is 1.74 bits per heavy atom. The summed E-state index contributed by atoms with van der Waals surface area (Å²) in [6, 6.07) is -11.2. The molecule has 1 saturated heterocycles. The first-order valence-electron chi connectivity index (χ1n) is 30.6. The van der Waals surface area contributed by atoms with Crippen LogP contribution in [0.15, 0.2) is 30.3 Å². The number of nitrogens with one attached hydrogen (secondary N) is 12. The summed E-state index contributed by atoms with van der Waals surface area (Å²) in [6.07, 6.45) is -8.46. The molecule has 1 fully saturated rings. The van der Waals surface area contributed by atoms with Crippen molar-refractivity contribution in [3.8, 4) is 0 Å². The van der Waals surface area contributed by atoms with E-state index in [1.54, 1.807) is 48.5 Å². The van der Waals surface area contributed by atoms with Crippen molar-refractivity contribution in [3.63, 3.8) is 0 Å². The molecular weight excluding hydrogens is 1200 g/mol. The van der Waals surface area contributed by atoms with Gasteiger partial charge in [-0.2, -0.15) is 0 Å². The molecule has 21 N–H and O–H groups in total. The van der Waals surface area contributed by atoms with Crippen LogP contribution in [0.1, 0.15) is 140 Å². The highest BCUT2D eigenvalue weighted by Gasteiger charge is 2.44. The second kappa shape index (κ2) is 36.8. The van der Waals surface area contributed by atoms with Crippen LogP contribution in [0.5, 0.6) is 0 Å². The number of hydrogen-bond acceptors (Lipinski definition) is 19. The topological polar surface area (TPSA) is 523 Å². The van der Waals surface area contributed by atoms with Gasteiger partial charge in [-0.25, -0.2) is 9.59 Å². The Balaban J connectivity index is 3.15. The zero-order valence-electron chi connectivity index (χ0n) is 54.8. The molecule has 0 saturated carbocycles. The van der Waals surface area contributed by atoms with Crippen molar-refractivity contribution in [2.45, 2.75) is 213 Å². The second-order valence-corrected chi connectivity index (χ2v) is 26.3. The molecule has 1 aromatic rings. The van der Waals surface area contributed by atoms with E-state index in [4.69, 9.17) is 21.6 Å². The lowest BCUT2D eigenvalue weighted by molar-refractivity contribution is -0.159. The Hall–Kier alpha value is -8.07. The molecule has 10 amide bonds. The van der Waals surface area contributed by atoms with Crippen molar-refractivity contribution in [1.82, 2.24) is 58.5 Å². The number of cyclic esters (lactones) is 1. The number of amides is 10. The fourth-order valence-electron chi connectivity index (χ4n) is 9.51. The van der Waals surface area contributed by atoms with E-state index in [1.165, 1.54) is 44.2 Å². The van der Waals surface area contributed by atoms with Crippen LogP contribution in [-0.4, -0.2) is 201 Å². The second-order valence-electron chi connectivity index (χ2n) is 26.3. The van der Waals surface area contributed by atoms with Crippen molar-refractivity contribution < 1.29 is 87.8 Å². The van der Waals surface area contributed by atoms with Gasteiger partial charge in [0.15, 0.2) is 24.2 Å². The van der Waals surface area contributed by atoms with Gasteiger partial charge < -0.3 is 100 Å². The molecule has 0 unspecified atom stereocenters. The van der Waals surface area contributed by atoms with E-state index in [2.05, 4.69) is 47.9 Å². The lowest BCUT2D eigenvalue weighted by Gasteiger charge is -2.34. The average Bonchev–Trinajstić information content (AvgIpc) is 0.845. The number of carboxylic acids is 1. The van der Waals surface area contributed by atoms with Gasteiger partial charge in [-0.1, -0.05) is 120 Å². The summed E-state index contributed by atoms with van der Waals surface area (Å²) < 4.78 is 5.93. The standard InChI is InChI=1S/C60H100N14O18/c1-14-30(6)39-52(85)72-40(31(7)76)51(84)65-26-38(77)70-42(45(79)56(89)90)54(87)69-37(27-75)57(91)92-46(32-19-16-15-17-20-32)43(74-50(83)36(25-60(11,12)13)68-47(80)33(61)24-59(8,9)10)55(88)73-41(44(78)29(4)5)53(86)67-35(23-28(2)3)49(82)66-34(48(81)71-39)21-18-22-64-58(62)63/h15-17,19-20,28-31,33-37,39-46,75-76,78-79H,14,18,21-27,61H2,1-13H3,(H,65,84)(H,66,82)(H,67,86)(H,68,80)(H,69,87)(H,70,77)(H,71,81)(H,72,85)(H,73,88)(H,74,83)(H,89,90)(H4,62,63,64)/t30-,31-,33+,34+,35-,36+,37-,39-,40-,41-,42-,43-,44+,45-,46+/m0/s1. The van der Waals surface area contributed by atoms with Crippen LogP contribution in [-0.2, 0) is 62.3 Å². The molecule has 15 atom stereocenters. The maximum atomic E-state index is 15.4. The number of rotatable bonds is 21. The van der Waals surface area contributed by atoms with Crippen LogP contribution in [0, 0.1) is 34.0 Å². The first kappa shape index (κ1) is 80.0. The fourth-order valence-corrected chi connectivity index (χ4v) is 9.51. The number of carboxylic acid groups (broad SMARTS) is 1. The molecule has 0 spiro atoms. The van der Waals surface area contributed by atoms with Crippen molar-refractivity contribution in [3.05, 3.63) is 35.9 Å². The molecule has 1 aliphatic rings. The Labute approximate surface area is 536 Å². The van der Waals surface area contributed by atoms with Crippen molar-refractivity contribution in [2.24, 2.45) is 40.1 Å². The molecule has 0 radical (unpaired) electrons. The molecule has 1 aliphatic heterocycles. The van der Waals surface area contributed by atoms with E-state index in [0.717, 1.165) is 6.92 Å². The van der Waals surface area contributed by atoms with Crippen LogP contribution in [0.2, 0.25) is 0 Å². The number of carbonyl (C=O) groups excluding carboxylic acids is 11. The van der Waals surface area contributed by atoms with Crippen LogP contribution in [0.4, 0.5) is 0 Å². The van der Waals surface area contributed by atoms with Crippen molar-refractivity contribution >= 4 is 77.0 Å². The Morgan fingerprint density at radius 1 is 0.685 bits per heavy atom. The third kappa shape index (κ3) is 26.6. The number of guanidine groups is 1. The number of hydrogen-bond donors (Lipinski definition) is 19. The highest BCUT2D eigenvalue weighted by atomic mass is 16.5. The Kier molecular flexibility index (Phi) is 32.0. The molecule has 0 aromatic heterocycles. The van der Waals surface area contributed by atoms with Crippen LogP contribution in [0.25, 0.3) is 0 Å². The summed E-state index contributed by atoms with van der Waals surface area (Å²) in [5.41, 5.74) is 10.5. The van der Waals surface area contributed by atoms with Crippen LogP contribution in [0.3, 0.4) is 0 Å². The Bertz CT molecular complexity index is 2720. The normalized spacial score (nSPS) is 24.7. The van der Waals surface area contributed by atoms with Gasteiger partial charge in [0.2, 0.25) is 59.1 Å². The zero-order chi connectivity index (χ0) is 70.3. The van der Waals surface area contributed by atoms with Crippen LogP contribution < -0.4 is 70.0 Å². The predicted octanol–water partition coefficient (Wildman–Crippen LogP) is -3.85. The molecular formula is C60H100N14O18. The summed E-state index contributed by atoms with van der Waals surface area (Å²) in [4.78, 5) is 170. The minimum atomic E-state index is -2.80. The van der Waals surface area contributed by atoms with E-state index in [9.17, 15) is 78.3 Å². The van der Waals surface area contributed by atoms with E-state index in [0.29, 0.717) is 0 Å². The van der Waals surface area contributed by atoms with E-state index in [1.807, 2.05) is 31.4 Å². The number of nitrogens with two attached hydrogens (primary N) is 2. The molecule has 518 valence electrons. The SMILES string of the molecule is CC[C@H](C)[C@@H]1NC(=O)[C@@H](CCCNC(=N)N)NC(=O)[C@H](CC(C)C)NC(=O)[C@H]([C@H](O)C(C)C)NC(=O)[C@@H](NC(=O)[C@@H](CC(C)(C)C)NC(=O)[C@H](N)CC(C)(C)C)[C@@H](c2ccccc2)OC(=O)[C@H](CO)NC(=O)[C@H]([C@H](O)C(=O)O)NC(=O)CNC(=O)[C@H]([C@H](C)O)NC1=O. The summed E-state index contributed by atoms with van der Waals surface area (Å²) in [7, 11) is 0. The molecule has 2 rings (SSSR count). The van der Waals surface area contributed by atoms with Gasteiger partial charge in [0, 0.05) is 6.54 Å². The van der Waals surface area contributed by atoms with E-state index in [-0.39, 0.29) is 50.6 Å². The van der Waals surface area contributed by atoms with E-state index < -0.39 is 204 Å². The number of ether oxygens (including phenoxy) is 1. The van der Waals surface area contributed by atoms with Crippen molar-refractivity contribution in [1.29, 1.82) is 5.41 Å². The quantitative estimate of drug-likeness (QED) is 0.0243. The molecule has 32 heteroatoms. The number of aliphatic carboxylic acids is 1. The lowest BCUT2D eigenvalue weighted by Crippen LogP contribution is -2.64. The number of aliphatic hydroxyl groups excluding tert-OH is 4. The van der Waals surface area contributed by atoms with Gasteiger partial charge in [-0.3, -0.25) is 53.4 Å². The maximum Gasteiger partial charge on any atom is 0.335 e. The molecule has 32 nitrogen and oxygen atoms in total. The third-order valence-corrected chi connectivity index (χ3v) is 14.7. The summed E-state index contributed by atoms with van der Waals surface area (Å²) in [5, 5.41) is 87.9. The van der Waals surface area contributed by atoms with Crippen LogP contribution >= 0.6 is 0 Å². The minimum absolute atomic E-state index is 0.00732. The summed E-state index contributed by atoms with van der Waals surface area (Å²) in [6.45, 7) is 18.9. The van der Waals surface area contributed by atoms with E-state index >= 15 is 4.79 Å². The fraction of sp³-hybridized carbons (Fsp3) is 0.683. The van der Waals surface area contributed by atoms with Gasteiger partial charge in [-0.15, -0.1) is 0 Å². The molecule has 1 aromatic carbocycles. The monoisotopic (exact) mass is 1300 g/mol. The molecule has 0 aliphatic carbocycles.